The molecular formula is C10H16N2O2. The monoisotopic (exact) mass is 196 g/mol. The van der Waals surface area contributed by atoms with Crippen LogP contribution in [0.2, 0.25) is 0 Å². The van der Waals surface area contributed by atoms with Gasteiger partial charge in [0.25, 0.3) is 0 Å². The molecule has 0 heterocycles. The molecule has 0 aromatic heterocycles. The second kappa shape index (κ2) is 5.47. The van der Waals surface area contributed by atoms with Gasteiger partial charge in [0.15, 0.2) is 0 Å². The van der Waals surface area contributed by atoms with Gasteiger partial charge in [-0.15, -0.1) is 0 Å². The third kappa shape index (κ3) is 2.61. The highest BCUT2D eigenvalue weighted by Crippen LogP contribution is 2.23. The lowest BCUT2D eigenvalue weighted by atomic mass is 10.2. The topological polar surface area (TPSA) is 56.5 Å². The minimum absolute atomic E-state index is 0.445. The zero-order valence-electron chi connectivity index (χ0n) is 8.54. The molecule has 0 amide bonds. The molecule has 78 valence electrons. The second-order valence-corrected chi connectivity index (χ2v) is 2.81. The molecule has 0 aliphatic carbocycles. The molecule has 0 atom stereocenters. The number of benzene rings is 1. The molecule has 0 unspecified atom stereocenters. The van der Waals surface area contributed by atoms with E-state index in [9.17, 15) is 0 Å². The van der Waals surface area contributed by atoms with Gasteiger partial charge in [-0.1, -0.05) is 0 Å². The maximum absolute atomic E-state index is 5.36. The number of rotatable bonds is 5. The van der Waals surface area contributed by atoms with E-state index < -0.39 is 0 Å². The van der Waals surface area contributed by atoms with Gasteiger partial charge in [0, 0.05) is 18.8 Å². The summed E-state index contributed by atoms with van der Waals surface area (Å²) in [7, 11) is 3.29. The van der Waals surface area contributed by atoms with Crippen LogP contribution in [0.25, 0.3) is 0 Å². The molecule has 1 aromatic rings. The van der Waals surface area contributed by atoms with Crippen molar-refractivity contribution in [1.82, 2.24) is 5.32 Å². The van der Waals surface area contributed by atoms with E-state index in [4.69, 9.17) is 15.2 Å². The molecule has 0 bridgehead atoms. The lowest BCUT2D eigenvalue weighted by Crippen LogP contribution is -2.21. The van der Waals surface area contributed by atoms with E-state index >= 15 is 0 Å². The van der Waals surface area contributed by atoms with Crippen LogP contribution in [-0.4, -0.2) is 20.9 Å². The number of nitrogens with two attached hydrogens (primary N) is 1. The molecule has 3 N–H and O–H groups in total. The van der Waals surface area contributed by atoms with Crippen molar-refractivity contribution in [2.24, 2.45) is 5.73 Å². The summed E-state index contributed by atoms with van der Waals surface area (Å²) >= 11 is 0. The Hall–Kier alpha value is -1.26. The molecular weight excluding hydrogens is 180 g/mol. The van der Waals surface area contributed by atoms with Crippen molar-refractivity contribution in [3.63, 3.8) is 0 Å². The lowest BCUT2D eigenvalue weighted by Gasteiger charge is -2.10. The first kappa shape index (κ1) is 10.8. The fourth-order valence-corrected chi connectivity index (χ4v) is 1.23. The van der Waals surface area contributed by atoms with E-state index in [1.807, 2.05) is 18.2 Å². The van der Waals surface area contributed by atoms with Crippen molar-refractivity contribution in [1.29, 1.82) is 0 Å². The zero-order valence-corrected chi connectivity index (χ0v) is 8.54. The Labute approximate surface area is 84.0 Å². The van der Waals surface area contributed by atoms with Crippen LogP contribution in [-0.2, 0) is 6.54 Å². The number of ether oxygens (including phenoxy) is 2. The largest absolute Gasteiger partial charge is 0.497 e. The van der Waals surface area contributed by atoms with E-state index in [0.717, 1.165) is 17.1 Å². The minimum atomic E-state index is 0.445. The normalized spacial score (nSPS) is 9.93. The highest BCUT2D eigenvalue weighted by molar-refractivity contribution is 5.40. The molecule has 4 heteroatoms. The van der Waals surface area contributed by atoms with E-state index in [1.165, 1.54) is 0 Å². The van der Waals surface area contributed by atoms with Gasteiger partial charge >= 0.3 is 0 Å². The molecule has 0 aliphatic heterocycles. The Morgan fingerprint density at radius 1 is 1.29 bits per heavy atom. The molecule has 0 aliphatic rings. The first-order chi connectivity index (χ1) is 6.81. The highest BCUT2D eigenvalue weighted by atomic mass is 16.5. The molecule has 0 saturated carbocycles. The third-order valence-corrected chi connectivity index (χ3v) is 1.95. The van der Waals surface area contributed by atoms with Gasteiger partial charge in [-0.25, -0.2) is 0 Å². The average molecular weight is 196 g/mol. The van der Waals surface area contributed by atoms with Crippen molar-refractivity contribution in [2.75, 3.05) is 20.9 Å². The van der Waals surface area contributed by atoms with Crippen LogP contribution in [0.1, 0.15) is 5.56 Å². The maximum atomic E-state index is 5.36. The van der Waals surface area contributed by atoms with Crippen molar-refractivity contribution < 1.29 is 9.47 Å². The average Bonchev–Trinajstić information content (AvgIpc) is 2.25. The van der Waals surface area contributed by atoms with Crippen LogP contribution in [0.3, 0.4) is 0 Å². The summed E-state index contributed by atoms with van der Waals surface area (Å²) in [5.74, 6) is 1.66. The highest BCUT2D eigenvalue weighted by Gasteiger charge is 2.03. The van der Waals surface area contributed by atoms with Gasteiger partial charge < -0.3 is 20.5 Å². The summed E-state index contributed by atoms with van der Waals surface area (Å²) < 4.78 is 10.3. The van der Waals surface area contributed by atoms with E-state index in [0.29, 0.717) is 13.2 Å². The zero-order chi connectivity index (χ0) is 10.4. The summed E-state index contributed by atoms with van der Waals surface area (Å²) in [6.45, 7) is 1.12. The van der Waals surface area contributed by atoms with Crippen LogP contribution < -0.4 is 20.5 Å². The Kier molecular flexibility index (Phi) is 4.22. The maximum Gasteiger partial charge on any atom is 0.123 e. The quantitative estimate of drug-likeness (QED) is 0.681. The Morgan fingerprint density at radius 3 is 2.64 bits per heavy atom. The standard InChI is InChI=1S/C10H16N2O2/c1-13-9-3-4-10(14-2)8(5-9)6-12-7-11/h3-5,12H,6-7,11H2,1-2H3. The van der Waals surface area contributed by atoms with Crippen molar-refractivity contribution >= 4 is 0 Å². The van der Waals surface area contributed by atoms with Crippen molar-refractivity contribution in [3.05, 3.63) is 23.8 Å². The molecule has 1 aromatic carbocycles. The minimum Gasteiger partial charge on any atom is -0.497 e. The van der Waals surface area contributed by atoms with Crippen molar-refractivity contribution in [3.8, 4) is 11.5 Å². The van der Waals surface area contributed by atoms with Gasteiger partial charge in [0.05, 0.1) is 14.2 Å². The van der Waals surface area contributed by atoms with E-state index in [1.54, 1.807) is 14.2 Å². The summed E-state index contributed by atoms with van der Waals surface area (Å²) in [6, 6.07) is 5.68. The lowest BCUT2D eigenvalue weighted by molar-refractivity contribution is 0.397. The van der Waals surface area contributed by atoms with Crippen LogP contribution in [0.15, 0.2) is 18.2 Å². The SMILES string of the molecule is COc1ccc(OC)c(CNCN)c1. The first-order valence-electron chi connectivity index (χ1n) is 4.43. The number of hydrogen-bond donors (Lipinski definition) is 2. The second-order valence-electron chi connectivity index (χ2n) is 2.81. The molecule has 0 radical (unpaired) electrons. The number of methoxy groups -OCH3 is 2. The Morgan fingerprint density at radius 2 is 2.07 bits per heavy atom. The summed E-state index contributed by atoms with van der Waals surface area (Å²) in [4.78, 5) is 0. The molecule has 0 fully saturated rings. The van der Waals surface area contributed by atoms with Crippen molar-refractivity contribution in [2.45, 2.75) is 6.54 Å². The van der Waals surface area contributed by atoms with Gasteiger partial charge in [0.2, 0.25) is 0 Å². The number of nitrogens with one attached hydrogen (secondary N) is 1. The summed E-state index contributed by atoms with van der Waals surface area (Å²) in [5.41, 5.74) is 6.39. The predicted molar refractivity (Wildman–Crippen MR) is 55.4 cm³/mol. The third-order valence-electron chi connectivity index (χ3n) is 1.95. The van der Waals surface area contributed by atoms with Gasteiger partial charge in [-0.05, 0) is 18.2 Å². The van der Waals surface area contributed by atoms with Gasteiger partial charge in [0.1, 0.15) is 11.5 Å². The van der Waals surface area contributed by atoms with Crippen LogP contribution >= 0.6 is 0 Å². The van der Waals surface area contributed by atoms with Crippen LogP contribution in [0.5, 0.6) is 11.5 Å². The predicted octanol–water partition coefficient (Wildman–Crippen LogP) is 0.710. The smallest absolute Gasteiger partial charge is 0.123 e. The fraction of sp³-hybridized carbons (Fsp3) is 0.400. The number of hydrogen-bond acceptors (Lipinski definition) is 4. The molecule has 14 heavy (non-hydrogen) atoms. The van der Waals surface area contributed by atoms with E-state index in [2.05, 4.69) is 5.32 Å². The van der Waals surface area contributed by atoms with Crippen LogP contribution in [0.4, 0.5) is 0 Å². The summed E-state index contributed by atoms with van der Waals surface area (Å²) in [6.07, 6.45) is 0. The molecule has 0 saturated heterocycles. The molecule has 4 nitrogen and oxygen atoms in total. The fourth-order valence-electron chi connectivity index (χ4n) is 1.23. The summed E-state index contributed by atoms with van der Waals surface area (Å²) in [5, 5.41) is 3.03. The first-order valence-corrected chi connectivity index (χ1v) is 4.43. The van der Waals surface area contributed by atoms with Gasteiger partial charge in [-0.3, -0.25) is 0 Å². The van der Waals surface area contributed by atoms with Gasteiger partial charge in [-0.2, -0.15) is 0 Å². The van der Waals surface area contributed by atoms with E-state index in [-0.39, 0.29) is 0 Å². The van der Waals surface area contributed by atoms with Crippen LogP contribution in [0, 0.1) is 0 Å². The molecule has 0 spiro atoms. The Balaban J connectivity index is 2.84. The molecule has 1 rings (SSSR count). The Bertz CT molecular complexity index is 289.